The van der Waals surface area contributed by atoms with Crippen molar-refractivity contribution in [2.24, 2.45) is 0 Å². The molecule has 0 radical (unpaired) electrons. The number of carbonyl (C=O) groups excluding carboxylic acids is 1. The molecule has 0 aliphatic rings. The first kappa shape index (κ1) is 15.9. The number of rotatable bonds is 4. The Morgan fingerprint density at radius 1 is 1.29 bits per heavy atom. The highest BCUT2D eigenvalue weighted by Crippen LogP contribution is 2.32. The van der Waals surface area contributed by atoms with Crippen molar-refractivity contribution in [3.8, 4) is 10.0 Å². The van der Waals surface area contributed by atoms with Gasteiger partial charge in [0.15, 0.2) is 15.7 Å². The highest BCUT2D eigenvalue weighted by atomic mass is 32.1. The Kier molecular flexibility index (Phi) is 4.90. The van der Waals surface area contributed by atoms with Crippen LogP contribution in [0.1, 0.15) is 47.9 Å². The first-order chi connectivity index (χ1) is 9.86. The molecule has 21 heavy (non-hydrogen) atoms. The molecular formula is C15H18N2O2S2. The number of esters is 1. The van der Waals surface area contributed by atoms with Crippen molar-refractivity contribution in [1.82, 2.24) is 9.97 Å². The number of nitrogens with zero attached hydrogens (tertiary/aromatic N) is 2. The van der Waals surface area contributed by atoms with Gasteiger partial charge in [0.1, 0.15) is 0 Å². The molecule has 0 N–H and O–H groups in total. The summed E-state index contributed by atoms with van der Waals surface area (Å²) in [5, 5.41) is 1.60. The number of carbonyl (C=O) groups is 1. The third-order valence-corrected chi connectivity index (χ3v) is 4.47. The van der Waals surface area contributed by atoms with Gasteiger partial charge in [-0.15, -0.1) is 22.7 Å². The summed E-state index contributed by atoms with van der Waals surface area (Å²) in [7, 11) is 0. The lowest BCUT2D eigenvalue weighted by molar-refractivity contribution is 0.0371. The summed E-state index contributed by atoms with van der Waals surface area (Å²) in [6.45, 7) is 9.64. The third kappa shape index (κ3) is 3.98. The van der Waals surface area contributed by atoms with Crippen molar-refractivity contribution in [1.29, 1.82) is 0 Å². The molecule has 0 saturated carbocycles. The van der Waals surface area contributed by atoms with E-state index in [-0.39, 0.29) is 12.1 Å². The van der Waals surface area contributed by atoms with Crippen LogP contribution in [0.15, 0.2) is 11.8 Å². The van der Waals surface area contributed by atoms with Crippen LogP contribution in [-0.4, -0.2) is 22.0 Å². The zero-order valence-corrected chi connectivity index (χ0v) is 14.4. The van der Waals surface area contributed by atoms with Crippen molar-refractivity contribution in [3.63, 3.8) is 0 Å². The maximum Gasteiger partial charge on any atom is 0.358 e. The fourth-order valence-electron chi connectivity index (χ4n) is 1.65. The van der Waals surface area contributed by atoms with Crippen LogP contribution in [0.3, 0.4) is 0 Å². The van der Waals surface area contributed by atoms with Crippen LogP contribution in [0.5, 0.6) is 0 Å². The number of aryl methyl sites for hydroxylation is 1. The van der Waals surface area contributed by atoms with Gasteiger partial charge >= 0.3 is 5.97 Å². The van der Waals surface area contributed by atoms with Crippen molar-refractivity contribution >= 4 is 34.7 Å². The number of ether oxygens (including phenoxy) is 1. The molecule has 0 unspecified atom stereocenters. The number of allylic oxidation sites excluding steroid dienone is 1. The lowest BCUT2D eigenvalue weighted by Gasteiger charge is -2.06. The number of hydrogen-bond acceptors (Lipinski definition) is 6. The average molecular weight is 322 g/mol. The van der Waals surface area contributed by atoms with E-state index in [1.807, 2.05) is 46.9 Å². The summed E-state index contributed by atoms with van der Waals surface area (Å²) >= 11 is 3.04. The first-order valence-corrected chi connectivity index (χ1v) is 8.29. The molecule has 0 aromatic carbocycles. The van der Waals surface area contributed by atoms with Gasteiger partial charge in [-0.3, -0.25) is 0 Å². The molecule has 6 heteroatoms. The topological polar surface area (TPSA) is 52.1 Å². The van der Waals surface area contributed by atoms with E-state index < -0.39 is 0 Å². The lowest BCUT2D eigenvalue weighted by atomic mass is 10.2. The molecule has 2 rings (SSSR count). The molecule has 112 valence electrons. The van der Waals surface area contributed by atoms with Gasteiger partial charge in [-0.1, -0.05) is 5.57 Å². The highest BCUT2D eigenvalue weighted by molar-refractivity contribution is 7.22. The van der Waals surface area contributed by atoms with Crippen LogP contribution in [0, 0.1) is 6.92 Å². The Bertz CT molecular complexity index is 680. The summed E-state index contributed by atoms with van der Waals surface area (Å²) in [5.74, 6) is -0.381. The minimum absolute atomic E-state index is 0.163. The van der Waals surface area contributed by atoms with Gasteiger partial charge in [0.25, 0.3) is 0 Å². The maximum atomic E-state index is 12.2. The summed E-state index contributed by atoms with van der Waals surface area (Å²) < 4.78 is 5.27. The minimum atomic E-state index is -0.381. The number of thiazole rings is 2. The van der Waals surface area contributed by atoms with E-state index in [1.54, 1.807) is 11.3 Å². The molecule has 0 fully saturated rings. The number of hydrogen-bond donors (Lipinski definition) is 0. The monoisotopic (exact) mass is 322 g/mol. The van der Waals surface area contributed by atoms with Crippen LogP contribution in [0.2, 0.25) is 0 Å². The predicted octanol–water partition coefficient (Wildman–Crippen LogP) is 4.56. The molecule has 0 aliphatic heterocycles. The molecule has 0 spiro atoms. The molecule has 0 amide bonds. The van der Waals surface area contributed by atoms with Gasteiger partial charge in [0.05, 0.1) is 11.0 Å². The predicted molar refractivity (Wildman–Crippen MR) is 87.8 cm³/mol. The molecule has 0 bridgehead atoms. The molecule has 0 saturated heterocycles. The van der Waals surface area contributed by atoms with Crippen LogP contribution in [-0.2, 0) is 4.74 Å². The maximum absolute atomic E-state index is 12.2. The smallest absolute Gasteiger partial charge is 0.358 e. The quantitative estimate of drug-likeness (QED) is 0.774. The third-order valence-electron chi connectivity index (χ3n) is 2.41. The lowest BCUT2D eigenvalue weighted by Crippen LogP contribution is -2.12. The average Bonchev–Trinajstić information content (AvgIpc) is 2.94. The molecule has 4 nitrogen and oxygen atoms in total. The minimum Gasteiger partial charge on any atom is -0.458 e. The van der Waals surface area contributed by atoms with E-state index in [0.29, 0.717) is 5.69 Å². The Hall–Kier alpha value is -1.53. The summed E-state index contributed by atoms with van der Waals surface area (Å²) in [6, 6.07) is 0. The van der Waals surface area contributed by atoms with Gasteiger partial charge in [-0.05, 0) is 40.7 Å². The number of aromatic nitrogens is 2. The first-order valence-electron chi connectivity index (χ1n) is 6.66. The zero-order valence-electron chi connectivity index (χ0n) is 12.8. The van der Waals surface area contributed by atoms with Crippen molar-refractivity contribution < 1.29 is 9.53 Å². The second-order valence-corrected chi connectivity index (χ2v) is 7.45. The van der Waals surface area contributed by atoms with E-state index in [0.717, 1.165) is 25.3 Å². The highest BCUT2D eigenvalue weighted by Gasteiger charge is 2.21. The standard InChI is InChI=1S/C15H18N2O2S2/c1-8(2)6-11-12(15(18)19-9(3)4)17-14(21-11)13-16-7-10(5)20-13/h6-7,9H,1-5H3. The van der Waals surface area contributed by atoms with Gasteiger partial charge in [0.2, 0.25) is 0 Å². The molecule has 2 aromatic rings. The normalized spacial score (nSPS) is 10.8. The SMILES string of the molecule is CC(C)=Cc1sc(-c2ncc(C)s2)nc1C(=O)OC(C)C. The van der Waals surface area contributed by atoms with Crippen LogP contribution >= 0.6 is 22.7 Å². The molecule has 2 aromatic heterocycles. The van der Waals surface area contributed by atoms with Gasteiger partial charge < -0.3 is 4.74 Å². The second-order valence-electron chi connectivity index (χ2n) is 5.18. The van der Waals surface area contributed by atoms with E-state index in [2.05, 4.69) is 9.97 Å². The van der Waals surface area contributed by atoms with E-state index in [4.69, 9.17) is 4.74 Å². The second kappa shape index (κ2) is 6.49. The fraction of sp³-hybridized carbons (Fsp3) is 0.400. The summed E-state index contributed by atoms with van der Waals surface area (Å²) in [6.07, 6.45) is 3.61. The summed E-state index contributed by atoms with van der Waals surface area (Å²) in [4.78, 5) is 22.9. The van der Waals surface area contributed by atoms with Gasteiger partial charge in [-0.25, -0.2) is 14.8 Å². The molecular weight excluding hydrogens is 304 g/mol. The van der Waals surface area contributed by atoms with Crippen molar-refractivity contribution in [3.05, 3.63) is 27.2 Å². The van der Waals surface area contributed by atoms with Crippen LogP contribution < -0.4 is 0 Å². The van der Waals surface area contributed by atoms with Crippen molar-refractivity contribution in [2.45, 2.75) is 40.7 Å². The van der Waals surface area contributed by atoms with E-state index >= 15 is 0 Å². The fourth-order valence-corrected chi connectivity index (χ4v) is 3.56. The Morgan fingerprint density at radius 2 is 2.00 bits per heavy atom. The van der Waals surface area contributed by atoms with Gasteiger partial charge in [0, 0.05) is 11.1 Å². The Morgan fingerprint density at radius 3 is 2.52 bits per heavy atom. The Balaban J connectivity index is 2.45. The van der Waals surface area contributed by atoms with Crippen LogP contribution in [0.25, 0.3) is 16.1 Å². The molecule has 0 aliphatic carbocycles. The largest absolute Gasteiger partial charge is 0.458 e. The molecule has 0 atom stereocenters. The van der Waals surface area contributed by atoms with E-state index in [1.165, 1.54) is 11.3 Å². The summed E-state index contributed by atoms with van der Waals surface area (Å²) in [5.41, 5.74) is 1.48. The van der Waals surface area contributed by atoms with Crippen molar-refractivity contribution in [2.75, 3.05) is 0 Å². The van der Waals surface area contributed by atoms with E-state index in [9.17, 15) is 4.79 Å². The molecule has 2 heterocycles. The zero-order chi connectivity index (χ0) is 15.6. The van der Waals surface area contributed by atoms with Crippen LogP contribution in [0.4, 0.5) is 0 Å². The van der Waals surface area contributed by atoms with Gasteiger partial charge in [-0.2, -0.15) is 0 Å². The Labute approximate surface area is 132 Å².